The zero-order valence-electron chi connectivity index (χ0n) is 10.0. The molecule has 2 N–H and O–H groups in total. The summed E-state index contributed by atoms with van der Waals surface area (Å²) >= 11 is 0.944. The second-order valence-electron chi connectivity index (χ2n) is 3.79. The van der Waals surface area contributed by atoms with E-state index in [1.54, 1.807) is 30.3 Å². The number of carboxylic acids is 1. The van der Waals surface area contributed by atoms with Crippen LogP contribution in [-0.2, 0) is 4.79 Å². The number of rotatable bonds is 4. The molecule has 0 saturated carbocycles. The summed E-state index contributed by atoms with van der Waals surface area (Å²) in [6, 6.07) is 8.75. The largest absolute Gasteiger partial charge is 0.480 e. The van der Waals surface area contributed by atoms with Gasteiger partial charge in [0.15, 0.2) is 5.16 Å². The number of carbonyl (C=O) groups is 1. The summed E-state index contributed by atoms with van der Waals surface area (Å²) in [7, 11) is 0. The average Bonchev–Trinajstić information content (AvgIpc) is 2.40. The van der Waals surface area contributed by atoms with Gasteiger partial charge in [-0.05, 0) is 12.5 Å². The number of hydrogen-bond donors (Lipinski definition) is 2. The Kier molecular flexibility index (Phi) is 3.96. The molecule has 2 aromatic rings. The van der Waals surface area contributed by atoms with Crippen LogP contribution in [0.2, 0.25) is 0 Å². The van der Waals surface area contributed by atoms with Gasteiger partial charge in [-0.15, -0.1) is 10.2 Å². The second-order valence-corrected chi connectivity index (χ2v) is 4.89. The van der Waals surface area contributed by atoms with Crippen LogP contribution >= 0.6 is 11.8 Å². The summed E-state index contributed by atoms with van der Waals surface area (Å²) in [6.07, 6.45) is 0. The molecule has 1 heterocycles. The van der Waals surface area contributed by atoms with Crippen molar-refractivity contribution in [3.05, 3.63) is 51.9 Å². The van der Waals surface area contributed by atoms with Crippen LogP contribution in [0.4, 0.5) is 0 Å². The fourth-order valence-electron chi connectivity index (χ4n) is 1.43. The summed E-state index contributed by atoms with van der Waals surface area (Å²) in [5.74, 6) is -1.00. The molecule has 0 spiro atoms. The lowest BCUT2D eigenvalue weighted by Gasteiger charge is -2.10. The molecule has 0 amide bonds. The third-order valence-electron chi connectivity index (χ3n) is 2.40. The first-order valence-electron chi connectivity index (χ1n) is 5.46. The lowest BCUT2D eigenvalue weighted by atomic mass is 10.1. The molecule has 0 aliphatic heterocycles. The van der Waals surface area contributed by atoms with Crippen LogP contribution in [0.5, 0.6) is 0 Å². The van der Waals surface area contributed by atoms with Gasteiger partial charge in [0.05, 0.1) is 0 Å². The minimum atomic E-state index is -1.00. The highest BCUT2D eigenvalue weighted by atomic mass is 32.2. The zero-order valence-corrected chi connectivity index (χ0v) is 10.8. The summed E-state index contributed by atoms with van der Waals surface area (Å²) in [5.41, 5.74) is 0.508. The standard InChI is InChI=1S/C12H11N3O3S/c1-7-10(16)13-12(15-14-7)19-9(11(17)18)8-5-3-2-4-6-8/h2-6,9H,1H3,(H,17,18)(H,13,15,16). The number of nitrogens with one attached hydrogen (secondary N) is 1. The SMILES string of the molecule is Cc1nnc(SC(C(=O)O)c2ccccc2)[nH]c1=O. The van der Waals surface area contributed by atoms with E-state index in [9.17, 15) is 14.7 Å². The number of carboxylic acid groups (broad SMARTS) is 1. The Morgan fingerprint density at radius 3 is 2.58 bits per heavy atom. The maximum absolute atomic E-state index is 11.4. The molecule has 6 nitrogen and oxygen atoms in total. The molecular formula is C12H11N3O3S. The van der Waals surface area contributed by atoms with Gasteiger partial charge >= 0.3 is 5.97 Å². The number of aryl methyl sites for hydroxylation is 1. The van der Waals surface area contributed by atoms with E-state index in [1.165, 1.54) is 6.92 Å². The summed E-state index contributed by atoms with van der Waals surface area (Å²) in [6.45, 7) is 1.53. The number of nitrogens with zero attached hydrogens (tertiary/aromatic N) is 2. The van der Waals surface area contributed by atoms with E-state index in [2.05, 4.69) is 15.2 Å². The fourth-order valence-corrected chi connectivity index (χ4v) is 2.29. The van der Waals surface area contributed by atoms with E-state index in [0.717, 1.165) is 11.8 Å². The quantitative estimate of drug-likeness (QED) is 0.820. The molecule has 0 bridgehead atoms. The molecule has 1 aromatic carbocycles. The van der Waals surface area contributed by atoms with Crippen LogP contribution in [0.1, 0.15) is 16.5 Å². The smallest absolute Gasteiger partial charge is 0.321 e. The molecular weight excluding hydrogens is 266 g/mol. The van der Waals surface area contributed by atoms with Gasteiger partial charge in [0, 0.05) is 0 Å². The molecule has 1 atom stereocenters. The first kappa shape index (κ1) is 13.3. The van der Waals surface area contributed by atoms with E-state index >= 15 is 0 Å². The molecule has 98 valence electrons. The Bertz CT molecular complexity index is 642. The predicted octanol–water partition coefficient (Wildman–Crippen LogP) is 1.39. The fraction of sp³-hybridized carbons (Fsp3) is 0.167. The number of hydrogen-bond acceptors (Lipinski definition) is 5. The van der Waals surface area contributed by atoms with Gasteiger partial charge in [0.2, 0.25) is 0 Å². The molecule has 1 unspecified atom stereocenters. The van der Waals surface area contributed by atoms with Gasteiger partial charge in [0.25, 0.3) is 5.56 Å². The van der Waals surface area contributed by atoms with Crippen molar-refractivity contribution in [3.8, 4) is 0 Å². The van der Waals surface area contributed by atoms with Crippen molar-refractivity contribution in [1.82, 2.24) is 15.2 Å². The maximum Gasteiger partial charge on any atom is 0.321 e. The topological polar surface area (TPSA) is 95.9 Å². The first-order chi connectivity index (χ1) is 9.08. The molecule has 19 heavy (non-hydrogen) atoms. The minimum absolute atomic E-state index is 0.187. The van der Waals surface area contributed by atoms with E-state index < -0.39 is 11.2 Å². The van der Waals surface area contributed by atoms with Crippen LogP contribution in [0.15, 0.2) is 40.3 Å². The van der Waals surface area contributed by atoms with E-state index in [1.807, 2.05) is 0 Å². The molecule has 2 rings (SSSR count). The van der Waals surface area contributed by atoms with Crippen molar-refractivity contribution in [1.29, 1.82) is 0 Å². The monoisotopic (exact) mass is 277 g/mol. The Morgan fingerprint density at radius 2 is 2.00 bits per heavy atom. The Labute approximate surface area is 112 Å². The summed E-state index contributed by atoms with van der Waals surface area (Å²) < 4.78 is 0. The number of aromatic nitrogens is 3. The van der Waals surface area contributed by atoms with Crippen LogP contribution in [-0.4, -0.2) is 26.3 Å². The van der Waals surface area contributed by atoms with Crippen LogP contribution in [0, 0.1) is 6.92 Å². The molecule has 0 aliphatic carbocycles. The molecule has 0 radical (unpaired) electrons. The highest BCUT2D eigenvalue weighted by Gasteiger charge is 2.22. The van der Waals surface area contributed by atoms with Crippen molar-refractivity contribution < 1.29 is 9.90 Å². The predicted molar refractivity (Wildman–Crippen MR) is 70.1 cm³/mol. The number of benzene rings is 1. The van der Waals surface area contributed by atoms with Crippen molar-refractivity contribution in [2.45, 2.75) is 17.3 Å². The van der Waals surface area contributed by atoms with Gasteiger partial charge in [-0.3, -0.25) is 14.6 Å². The molecule has 0 aliphatic rings. The maximum atomic E-state index is 11.4. The Balaban J connectivity index is 2.29. The van der Waals surface area contributed by atoms with E-state index in [0.29, 0.717) is 5.56 Å². The molecule has 1 aromatic heterocycles. The third-order valence-corrected chi connectivity index (χ3v) is 3.51. The number of H-pyrrole nitrogens is 1. The van der Waals surface area contributed by atoms with Gasteiger partial charge in [-0.25, -0.2) is 0 Å². The lowest BCUT2D eigenvalue weighted by Crippen LogP contribution is -2.16. The summed E-state index contributed by atoms with van der Waals surface area (Å²) in [4.78, 5) is 25.2. The van der Waals surface area contributed by atoms with Crippen LogP contribution in [0.25, 0.3) is 0 Å². The van der Waals surface area contributed by atoms with E-state index in [-0.39, 0.29) is 16.4 Å². The second kappa shape index (κ2) is 5.66. The van der Waals surface area contributed by atoms with Gasteiger partial charge in [0.1, 0.15) is 10.9 Å². The lowest BCUT2D eigenvalue weighted by molar-refractivity contribution is -0.136. The van der Waals surface area contributed by atoms with Crippen molar-refractivity contribution >= 4 is 17.7 Å². The molecule has 0 fully saturated rings. The highest BCUT2D eigenvalue weighted by molar-refractivity contribution is 8.00. The van der Waals surface area contributed by atoms with Gasteiger partial charge < -0.3 is 5.11 Å². The van der Waals surface area contributed by atoms with Crippen molar-refractivity contribution in [3.63, 3.8) is 0 Å². The van der Waals surface area contributed by atoms with Gasteiger partial charge in [-0.1, -0.05) is 42.1 Å². The number of aromatic amines is 1. The van der Waals surface area contributed by atoms with Crippen LogP contribution < -0.4 is 5.56 Å². The first-order valence-corrected chi connectivity index (χ1v) is 6.34. The number of thioether (sulfide) groups is 1. The van der Waals surface area contributed by atoms with Crippen LogP contribution in [0.3, 0.4) is 0 Å². The minimum Gasteiger partial charge on any atom is -0.480 e. The Hall–Kier alpha value is -2.15. The van der Waals surface area contributed by atoms with E-state index in [4.69, 9.17) is 0 Å². The molecule has 0 saturated heterocycles. The zero-order chi connectivity index (χ0) is 13.8. The number of aliphatic carboxylic acids is 1. The summed E-state index contributed by atoms with van der Waals surface area (Å²) in [5, 5.41) is 16.1. The van der Waals surface area contributed by atoms with Crippen molar-refractivity contribution in [2.75, 3.05) is 0 Å². The molecule has 7 heteroatoms. The third kappa shape index (κ3) is 3.19. The normalized spacial score (nSPS) is 12.1. The highest BCUT2D eigenvalue weighted by Crippen LogP contribution is 2.32. The Morgan fingerprint density at radius 1 is 1.32 bits per heavy atom. The average molecular weight is 277 g/mol. The van der Waals surface area contributed by atoms with Gasteiger partial charge in [-0.2, -0.15) is 0 Å². The van der Waals surface area contributed by atoms with Crippen molar-refractivity contribution in [2.24, 2.45) is 0 Å².